The van der Waals surface area contributed by atoms with Crippen LogP contribution in [0.4, 0.5) is 4.39 Å². The van der Waals surface area contributed by atoms with Gasteiger partial charge in [-0.1, -0.05) is 6.92 Å². The smallest absolute Gasteiger partial charge is 0.256 e. The summed E-state index contributed by atoms with van der Waals surface area (Å²) in [6, 6.07) is 3.50. The van der Waals surface area contributed by atoms with Crippen LogP contribution in [0.5, 0.6) is 5.75 Å². The molecule has 1 heterocycles. The van der Waals surface area contributed by atoms with Crippen LogP contribution in [0.15, 0.2) is 18.2 Å². The third-order valence-corrected chi connectivity index (χ3v) is 3.16. The summed E-state index contributed by atoms with van der Waals surface area (Å²) in [6.45, 7) is 3.06. The van der Waals surface area contributed by atoms with Gasteiger partial charge >= 0.3 is 0 Å². The fourth-order valence-corrected chi connectivity index (χ4v) is 2.41. The molecule has 1 aliphatic rings. The second-order valence-corrected chi connectivity index (χ2v) is 4.98. The summed E-state index contributed by atoms with van der Waals surface area (Å²) in [6.07, 6.45) is 0.877. The number of phenols is 1. The number of likely N-dealkylation sites (tertiary alicyclic amines) is 1. The molecule has 1 aliphatic heterocycles. The molecule has 1 amide bonds. The zero-order valence-electron chi connectivity index (χ0n) is 10.3. The van der Waals surface area contributed by atoms with Crippen LogP contribution in [-0.4, -0.2) is 35.0 Å². The highest BCUT2D eigenvalue weighted by Gasteiger charge is 2.27. The van der Waals surface area contributed by atoms with Gasteiger partial charge in [-0.3, -0.25) is 4.79 Å². The number of nitrogens with two attached hydrogens (primary N) is 1. The lowest BCUT2D eigenvalue weighted by Crippen LogP contribution is -2.49. The minimum atomic E-state index is -0.702. The fraction of sp³-hybridized carbons (Fsp3) is 0.462. The predicted octanol–water partition coefficient (Wildman–Crippen LogP) is 1.34. The van der Waals surface area contributed by atoms with E-state index in [1.807, 2.05) is 6.92 Å². The Hall–Kier alpha value is -1.62. The summed E-state index contributed by atoms with van der Waals surface area (Å²) in [4.78, 5) is 13.7. The maximum Gasteiger partial charge on any atom is 0.256 e. The van der Waals surface area contributed by atoms with Crippen LogP contribution < -0.4 is 5.73 Å². The van der Waals surface area contributed by atoms with Crippen LogP contribution in [0, 0.1) is 11.7 Å². The number of hydrogen-bond acceptors (Lipinski definition) is 3. The van der Waals surface area contributed by atoms with E-state index in [4.69, 9.17) is 10.8 Å². The lowest BCUT2D eigenvalue weighted by Gasteiger charge is -2.34. The van der Waals surface area contributed by atoms with Crippen molar-refractivity contribution in [1.82, 2.24) is 4.90 Å². The zero-order valence-corrected chi connectivity index (χ0v) is 10.3. The van der Waals surface area contributed by atoms with Crippen molar-refractivity contribution >= 4 is 5.91 Å². The number of halogens is 1. The van der Waals surface area contributed by atoms with E-state index < -0.39 is 5.82 Å². The Labute approximate surface area is 105 Å². The molecule has 2 unspecified atom stereocenters. The normalized spacial score (nSPS) is 24.1. The van der Waals surface area contributed by atoms with Crippen molar-refractivity contribution in [2.45, 2.75) is 19.4 Å². The lowest BCUT2D eigenvalue weighted by molar-refractivity contribution is 0.0656. The van der Waals surface area contributed by atoms with E-state index in [0.29, 0.717) is 19.0 Å². The Morgan fingerprint density at radius 1 is 1.50 bits per heavy atom. The predicted molar refractivity (Wildman–Crippen MR) is 65.7 cm³/mol. The highest BCUT2D eigenvalue weighted by Crippen LogP contribution is 2.20. The first-order chi connectivity index (χ1) is 8.47. The van der Waals surface area contributed by atoms with Gasteiger partial charge in [0, 0.05) is 25.2 Å². The maximum atomic E-state index is 13.6. The average molecular weight is 252 g/mol. The number of nitrogens with zero attached hydrogens (tertiary/aromatic N) is 1. The van der Waals surface area contributed by atoms with Gasteiger partial charge in [0.05, 0.1) is 5.56 Å². The van der Waals surface area contributed by atoms with E-state index in [0.717, 1.165) is 12.5 Å². The average Bonchev–Trinajstić information content (AvgIpc) is 2.26. The molecule has 18 heavy (non-hydrogen) atoms. The molecule has 3 N–H and O–H groups in total. The molecule has 0 aliphatic carbocycles. The first-order valence-electron chi connectivity index (χ1n) is 6.00. The van der Waals surface area contributed by atoms with Crippen LogP contribution in [0.25, 0.3) is 0 Å². The van der Waals surface area contributed by atoms with Crippen molar-refractivity contribution in [3.05, 3.63) is 29.6 Å². The van der Waals surface area contributed by atoms with Crippen LogP contribution in [0.1, 0.15) is 23.7 Å². The van der Waals surface area contributed by atoms with Crippen LogP contribution in [0.3, 0.4) is 0 Å². The topological polar surface area (TPSA) is 66.6 Å². The van der Waals surface area contributed by atoms with Crippen molar-refractivity contribution in [2.75, 3.05) is 13.1 Å². The molecule has 2 atom stereocenters. The SMILES string of the molecule is CC1CC(N)CN(C(=O)c2ccc(O)cc2F)C1. The summed E-state index contributed by atoms with van der Waals surface area (Å²) in [5, 5.41) is 9.13. The number of phenolic OH excluding ortho intramolecular Hbond substituents is 1. The molecule has 0 aromatic heterocycles. The van der Waals surface area contributed by atoms with Crippen LogP contribution in [0.2, 0.25) is 0 Å². The molecule has 1 aromatic rings. The van der Waals surface area contributed by atoms with Crippen molar-refractivity contribution in [1.29, 1.82) is 0 Å². The van der Waals surface area contributed by atoms with E-state index >= 15 is 0 Å². The summed E-state index contributed by atoms with van der Waals surface area (Å²) < 4.78 is 13.6. The van der Waals surface area contributed by atoms with Gasteiger partial charge in [0.1, 0.15) is 11.6 Å². The molecule has 98 valence electrons. The maximum absolute atomic E-state index is 13.6. The van der Waals surface area contributed by atoms with Gasteiger partial charge in [0.15, 0.2) is 0 Å². The molecule has 0 saturated carbocycles. The van der Waals surface area contributed by atoms with Gasteiger partial charge < -0.3 is 15.7 Å². The Bertz CT molecular complexity index is 454. The van der Waals surface area contributed by atoms with Crippen molar-refractivity contribution in [2.24, 2.45) is 11.7 Å². The summed E-state index contributed by atoms with van der Waals surface area (Å²) in [5.41, 5.74) is 5.85. The number of hydrogen-bond donors (Lipinski definition) is 2. The molecule has 1 fully saturated rings. The third kappa shape index (κ3) is 2.61. The van der Waals surface area contributed by atoms with Gasteiger partial charge in [-0.05, 0) is 24.5 Å². The zero-order chi connectivity index (χ0) is 13.3. The first-order valence-corrected chi connectivity index (χ1v) is 6.00. The standard InChI is InChI=1S/C13H17FN2O2/c1-8-4-9(15)7-16(6-8)13(18)11-3-2-10(17)5-12(11)14/h2-3,5,8-9,17H,4,6-7,15H2,1H3. The van der Waals surface area contributed by atoms with Crippen molar-refractivity contribution in [3.63, 3.8) is 0 Å². The van der Waals surface area contributed by atoms with E-state index in [1.165, 1.54) is 12.1 Å². The molecule has 4 nitrogen and oxygen atoms in total. The Morgan fingerprint density at radius 3 is 2.83 bits per heavy atom. The molecule has 2 rings (SSSR count). The number of aromatic hydroxyl groups is 1. The van der Waals surface area contributed by atoms with Crippen molar-refractivity contribution < 1.29 is 14.3 Å². The van der Waals surface area contributed by atoms with E-state index in [1.54, 1.807) is 4.90 Å². The number of rotatable bonds is 1. The molecule has 0 radical (unpaired) electrons. The highest BCUT2D eigenvalue weighted by atomic mass is 19.1. The first kappa shape index (κ1) is 12.8. The number of piperidine rings is 1. The van der Waals surface area contributed by atoms with Gasteiger partial charge in [0.2, 0.25) is 0 Å². The lowest BCUT2D eigenvalue weighted by atomic mass is 9.96. The van der Waals surface area contributed by atoms with Gasteiger partial charge in [-0.15, -0.1) is 0 Å². The van der Waals surface area contributed by atoms with Gasteiger partial charge in [-0.25, -0.2) is 4.39 Å². The highest BCUT2D eigenvalue weighted by molar-refractivity contribution is 5.94. The number of carbonyl (C=O) groups is 1. The summed E-state index contributed by atoms with van der Waals surface area (Å²) >= 11 is 0. The molecular weight excluding hydrogens is 235 g/mol. The second kappa shape index (κ2) is 4.94. The van der Waals surface area contributed by atoms with Gasteiger partial charge in [-0.2, -0.15) is 0 Å². The van der Waals surface area contributed by atoms with Crippen LogP contribution in [-0.2, 0) is 0 Å². The molecular formula is C13H17FN2O2. The molecule has 0 bridgehead atoms. The molecule has 1 aromatic carbocycles. The molecule has 0 spiro atoms. The summed E-state index contributed by atoms with van der Waals surface area (Å²) in [5.74, 6) is -0.938. The number of carbonyl (C=O) groups excluding carboxylic acids is 1. The Kier molecular flexibility index (Phi) is 3.52. The minimum absolute atomic E-state index is 0.0194. The van der Waals surface area contributed by atoms with E-state index in [9.17, 15) is 9.18 Å². The fourth-order valence-electron chi connectivity index (χ4n) is 2.41. The quantitative estimate of drug-likeness (QED) is 0.792. The summed E-state index contributed by atoms with van der Waals surface area (Å²) in [7, 11) is 0. The van der Waals surface area contributed by atoms with Crippen molar-refractivity contribution in [3.8, 4) is 5.75 Å². The van der Waals surface area contributed by atoms with Crippen LogP contribution >= 0.6 is 0 Å². The molecule has 1 saturated heterocycles. The Morgan fingerprint density at radius 2 is 2.22 bits per heavy atom. The number of amides is 1. The van der Waals surface area contributed by atoms with Gasteiger partial charge in [0.25, 0.3) is 5.91 Å². The van der Waals surface area contributed by atoms with E-state index in [2.05, 4.69) is 0 Å². The Balaban J connectivity index is 2.20. The third-order valence-electron chi connectivity index (χ3n) is 3.16. The second-order valence-electron chi connectivity index (χ2n) is 4.98. The monoisotopic (exact) mass is 252 g/mol. The minimum Gasteiger partial charge on any atom is -0.508 e. The molecule has 5 heteroatoms. The largest absolute Gasteiger partial charge is 0.508 e. The number of benzene rings is 1. The van der Waals surface area contributed by atoms with E-state index in [-0.39, 0.29) is 23.3 Å².